The van der Waals surface area contributed by atoms with Crippen molar-refractivity contribution in [3.8, 4) is 11.4 Å². The van der Waals surface area contributed by atoms with Gasteiger partial charge >= 0.3 is 0 Å². The zero-order chi connectivity index (χ0) is 21.2. The lowest BCUT2D eigenvalue weighted by Gasteiger charge is -2.25. The summed E-state index contributed by atoms with van der Waals surface area (Å²) in [5.41, 5.74) is 1.82. The van der Waals surface area contributed by atoms with Crippen LogP contribution in [-0.2, 0) is 14.3 Å². The van der Waals surface area contributed by atoms with Crippen molar-refractivity contribution < 1.29 is 14.3 Å². The summed E-state index contributed by atoms with van der Waals surface area (Å²) in [7, 11) is 3.28. The highest BCUT2D eigenvalue weighted by atomic mass is 16.5. The van der Waals surface area contributed by atoms with Crippen LogP contribution in [0.4, 0.5) is 5.82 Å². The molecule has 0 spiro atoms. The summed E-state index contributed by atoms with van der Waals surface area (Å²) in [6.45, 7) is 2.68. The number of nitrogens with zero attached hydrogens (tertiary/aromatic N) is 3. The van der Waals surface area contributed by atoms with E-state index >= 15 is 0 Å². The van der Waals surface area contributed by atoms with Crippen molar-refractivity contribution in [2.24, 2.45) is 0 Å². The van der Waals surface area contributed by atoms with Crippen molar-refractivity contribution in [1.29, 1.82) is 0 Å². The molecule has 1 amide bonds. The quantitative estimate of drug-likeness (QED) is 0.492. The predicted molar refractivity (Wildman–Crippen MR) is 119 cm³/mol. The summed E-state index contributed by atoms with van der Waals surface area (Å²) >= 11 is 0. The Morgan fingerprint density at radius 2 is 1.67 bits per heavy atom. The van der Waals surface area contributed by atoms with Gasteiger partial charge in [-0.15, -0.1) is 0 Å². The Bertz CT molecular complexity index is 950. The second kappa shape index (κ2) is 11.2. The lowest BCUT2D eigenvalue weighted by Crippen LogP contribution is -2.34. The van der Waals surface area contributed by atoms with Gasteiger partial charge < -0.3 is 19.7 Å². The van der Waals surface area contributed by atoms with Gasteiger partial charge in [0.2, 0.25) is 5.91 Å². The Kier molecular flexibility index (Phi) is 8.11. The highest BCUT2D eigenvalue weighted by molar-refractivity contribution is 5.91. The van der Waals surface area contributed by atoms with Crippen LogP contribution in [0.3, 0.4) is 0 Å². The monoisotopic (exact) mass is 408 g/mol. The molecular formula is C23H28N4O3. The molecule has 7 nitrogen and oxygen atoms in total. The first-order valence-electron chi connectivity index (χ1n) is 10.0. The van der Waals surface area contributed by atoms with E-state index in [1.165, 1.54) is 0 Å². The largest absolute Gasteiger partial charge is 0.383 e. The van der Waals surface area contributed by atoms with E-state index in [0.29, 0.717) is 45.1 Å². The molecule has 3 aromatic rings. The molecule has 7 heteroatoms. The summed E-state index contributed by atoms with van der Waals surface area (Å²) in [5, 5.41) is 3.82. The van der Waals surface area contributed by atoms with E-state index in [1.54, 1.807) is 14.2 Å². The number of methoxy groups -OCH3 is 2. The molecule has 0 unspecified atom stereocenters. The molecule has 1 N–H and O–H groups in total. The van der Waals surface area contributed by atoms with E-state index in [9.17, 15) is 4.79 Å². The van der Waals surface area contributed by atoms with Gasteiger partial charge in [0.25, 0.3) is 0 Å². The number of carbonyl (C=O) groups is 1. The molecule has 0 atom stereocenters. The van der Waals surface area contributed by atoms with Crippen LogP contribution >= 0.6 is 0 Å². The third kappa shape index (κ3) is 5.75. The third-order valence-electron chi connectivity index (χ3n) is 4.72. The smallest absolute Gasteiger partial charge is 0.221 e. The van der Waals surface area contributed by atoms with Gasteiger partial charge in [0.15, 0.2) is 5.82 Å². The number of carbonyl (C=O) groups excluding carboxylic acids is 1. The molecule has 0 saturated heterocycles. The van der Waals surface area contributed by atoms with Gasteiger partial charge in [0.05, 0.1) is 18.7 Å². The molecule has 0 bridgehead atoms. The minimum absolute atomic E-state index is 0.0175. The zero-order valence-corrected chi connectivity index (χ0v) is 17.5. The topological polar surface area (TPSA) is 76.6 Å². The Morgan fingerprint density at radius 3 is 2.43 bits per heavy atom. The normalized spacial score (nSPS) is 10.9. The lowest BCUT2D eigenvalue weighted by atomic mass is 10.1. The molecule has 0 saturated carbocycles. The fourth-order valence-electron chi connectivity index (χ4n) is 3.16. The molecule has 158 valence electrons. The number of hydrogen-bond acceptors (Lipinski definition) is 6. The molecule has 0 aliphatic heterocycles. The number of nitrogens with one attached hydrogen (secondary N) is 1. The maximum Gasteiger partial charge on any atom is 0.221 e. The zero-order valence-electron chi connectivity index (χ0n) is 17.5. The van der Waals surface area contributed by atoms with E-state index in [0.717, 1.165) is 22.3 Å². The van der Waals surface area contributed by atoms with Crippen LogP contribution in [0.5, 0.6) is 0 Å². The minimum Gasteiger partial charge on any atom is -0.383 e. The van der Waals surface area contributed by atoms with E-state index in [4.69, 9.17) is 19.4 Å². The van der Waals surface area contributed by atoms with Gasteiger partial charge in [0, 0.05) is 51.2 Å². The average Bonchev–Trinajstić information content (AvgIpc) is 2.79. The summed E-state index contributed by atoms with van der Waals surface area (Å²) < 4.78 is 10.3. The van der Waals surface area contributed by atoms with E-state index < -0.39 is 0 Å². The summed E-state index contributed by atoms with van der Waals surface area (Å²) in [6, 6.07) is 17.9. The van der Waals surface area contributed by atoms with Crippen molar-refractivity contribution >= 4 is 22.6 Å². The number of ether oxygens (including phenoxy) is 2. The van der Waals surface area contributed by atoms with Gasteiger partial charge in [-0.3, -0.25) is 4.79 Å². The molecule has 0 aliphatic rings. The third-order valence-corrected chi connectivity index (χ3v) is 4.72. The number of amides is 1. The molecule has 30 heavy (non-hydrogen) atoms. The number of benzene rings is 2. The first-order chi connectivity index (χ1) is 14.7. The number of anilines is 1. The molecule has 0 aliphatic carbocycles. The van der Waals surface area contributed by atoms with Crippen molar-refractivity contribution in [3.63, 3.8) is 0 Å². The van der Waals surface area contributed by atoms with Crippen LogP contribution in [0, 0.1) is 0 Å². The maximum absolute atomic E-state index is 12.2. The van der Waals surface area contributed by atoms with Gasteiger partial charge in [-0.1, -0.05) is 42.5 Å². The number of fused-ring (bicyclic) bond motifs is 1. The second-order valence-corrected chi connectivity index (χ2v) is 6.83. The number of rotatable bonds is 11. The molecule has 0 fully saturated rings. The predicted octanol–water partition coefficient (Wildman–Crippen LogP) is 2.90. The summed E-state index contributed by atoms with van der Waals surface area (Å²) in [4.78, 5) is 24.0. The Hall–Kier alpha value is -3.03. The maximum atomic E-state index is 12.2. The van der Waals surface area contributed by atoms with Crippen molar-refractivity contribution in [2.75, 3.05) is 52.0 Å². The Balaban J connectivity index is 1.91. The van der Waals surface area contributed by atoms with Crippen LogP contribution in [0.1, 0.15) is 6.42 Å². The molecule has 1 heterocycles. The minimum atomic E-state index is -0.0175. The van der Waals surface area contributed by atoms with Crippen LogP contribution in [0.15, 0.2) is 54.6 Å². The lowest BCUT2D eigenvalue weighted by molar-refractivity contribution is -0.121. The summed E-state index contributed by atoms with van der Waals surface area (Å²) in [6.07, 6.45) is 0.354. The highest BCUT2D eigenvalue weighted by Crippen LogP contribution is 2.27. The van der Waals surface area contributed by atoms with Crippen molar-refractivity contribution in [3.05, 3.63) is 54.6 Å². The highest BCUT2D eigenvalue weighted by Gasteiger charge is 2.16. The fourth-order valence-corrected chi connectivity index (χ4v) is 3.16. The van der Waals surface area contributed by atoms with Crippen molar-refractivity contribution in [1.82, 2.24) is 15.3 Å². The van der Waals surface area contributed by atoms with Gasteiger partial charge in [-0.2, -0.15) is 0 Å². The first kappa shape index (κ1) is 21.7. The molecular weight excluding hydrogens is 380 g/mol. The molecule has 2 aromatic carbocycles. The number of para-hydroxylation sites is 1. The summed E-state index contributed by atoms with van der Waals surface area (Å²) in [5.74, 6) is 1.45. The van der Waals surface area contributed by atoms with Crippen LogP contribution in [0.25, 0.3) is 22.3 Å². The van der Waals surface area contributed by atoms with E-state index in [-0.39, 0.29) is 5.91 Å². The first-order valence-corrected chi connectivity index (χ1v) is 10.0. The van der Waals surface area contributed by atoms with E-state index in [2.05, 4.69) is 10.2 Å². The van der Waals surface area contributed by atoms with Crippen LogP contribution in [-0.4, -0.2) is 62.9 Å². The number of aromatic nitrogens is 2. The Morgan fingerprint density at radius 1 is 0.933 bits per heavy atom. The molecule has 3 rings (SSSR count). The van der Waals surface area contributed by atoms with Crippen molar-refractivity contribution in [2.45, 2.75) is 6.42 Å². The van der Waals surface area contributed by atoms with Gasteiger partial charge in [-0.05, 0) is 12.1 Å². The molecule has 1 aromatic heterocycles. The SMILES string of the molecule is COCCNC(=O)CCN(CCOC)c1nc(-c2ccccc2)nc2ccccc12. The molecule has 0 radical (unpaired) electrons. The van der Waals surface area contributed by atoms with Crippen LogP contribution < -0.4 is 10.2 Å². The van der Waals surface area contributed by atoms with Gasteiger partial charge in [-0.25, -0.2) is 9.97 Å². The van der Waals surface area contributed by atoms with Crippen LogP contribution in [0.2, 0.25) is 0 Å². The fraction of sp³-hybridized carbons (Fsp3) is 0.348. The standard InChI is InChI=1S/C23H28N4O3/c1-29-16-13-24-21(28)12-14-27(15-17-30-2)23-19-10-6-7-11-20(19)25-22(26-23)18-8-4-3-5-9-18/h3-11H,12-17H2,1-2H3,(H,24,28). The van der Waals surface area contributed by atoms with Gasteiger partial charge in [0.1, 0.15) is 5.82 Å². The Labute approximate surface area is 177 Å². The average molecular weight is 409 g/mol. The number of hydrogen-bond donors (Lipinski definition) is 1. The van der Waals surface area contributed by atoms with E-state index in [1.807, 2.05) is 54.6 Å². The second-order valence-electron chi connectivity index (χ2n) is 6.83.